The summed E-state index contributed by atoms with van der Waals surface area (Å²) in [6.45, 7) is 9.03. The number of nitrogens with zero attached hydrogens (tertiary/aromatic N) is 1. The van der Waals surface area contributed by atoms with E-state index in [2.05, 4.69) is 82.3 Å². The van der Waals surface area contributed by atoms with Gasteiger partial charge < -0.3 is 4.42 Å². The summed E-state index contributed by atoms with van der Waals surface area (Å²) in [7, 11) is 0. The Balaban J connectivity index is 1.61. The lowest BCUT2D eigenvalue weighted by Gasteiger charge is -2.23. The number of aromatic nitrogens is 1. The Hall–Kier alpha value is -3.43. The van der Waals surface area contributed by atoms with E-state index in [-0.39, 0.29) is 5.41 Å². The van der Waals surface area contributed by atoms with Crippen LogP contribution in [0.4, 0.5) is 0 Å². The highest BCUT2D eigenvalue weighted by Gasteiger charge is 2.21. The fourth-order valence-electron chi connectivity index (χ4n) is 4.81. The summed E-state index contributed by atoms with van der Waals surface area (Å²) in [6.07, 6.45) is 1.93. The number of fused-ring (bicyclic) bond motifs is 3. The molecule has 0 radical (unpaired) electrons. The van der Waals surface area contributed by atoms with E-state index in [0.29, 0.717) is 0 Å². The molecule has 0 aliphatic carbocycles. The van der Waals surface area contributed by atoms with E-state index in [1.54, 1.807) is 11.3 Å². The van der Waals surface area contributed by atoms with Crippen molar-refractivity contribution in [3.05, 3.63) is 90.1 Å². The molecule has 0 saturated carbocycles. The molecule has 0 fully saturated rings. The number of hydrogen-bond acceptors (Lipinski definition) is 3. The van der Waals surface area contributed by atoms with Crippen molar-refractivity contribution in [2.45, 2.75) is 33.1 Å². The van der Waals surface area contributed by atoms with Gasteiger partial charge in [0.15, 0.2) is 0 Å². The van der Waals surface area contributed by atoms with Crippen LogP contribution in [0.3, 0.4) is 0 Å². The van der Waals surface area contributed by atoms with Gasteiger partial charge in [-0.1, -0.05) is 63.2 Å². The van der Waals surface area contributed by atoms with Crippen molar-refractivity contribution in [1.82, 2.24) is 4.98 Å². The molecule has 3 aromatic heterocycles. The molecule has 3 heterocycles. The van der Waals surface area contributed by atoms with Crippen LogP contribution in [0.15, 0.2) is 83.4 Å². The van der Waals surface area contributed by atoms with Crippen LogP contribution >= 0.6 is 11.3 Å². The average molecular weight is 448 g/mol. The number of pyridine rings is 1. The van der Waals surface area contributed by atoms with E-state index in [4.69, 9.17) is 9.40 Å². The molecule has 0 spiro atoms. The third kappa shape index (κ3) is 3.27. The highest BCUT2D eigenvalue weighted by Crippen LogP contribution is 2.44. The molecule has 0 N–H and O–H groups in total. The SMILES string of the molecule is Cc1c(-c2cc3ccccc3o2)sc2ccnc(-c3cc(C(C)(C)C)c4ccccc4c3)c12. The molecule has 2 nitrogen and oxygen atoms in total. The van der Waals surface area contributed by atoms with Crippen LogP contribution in [0, 0.1) is 6.92 Å². The zero-order valence-corrected chi connectivity index (χ0v) is 20.1. The number of para-hydroxylation sites is 1. The Morgan fingerprint density at radius 1 is 0.848 bits per heavy atom. The van der Waals surface area contributed by atoms with Crippen molar-refractivity contribution < 1.29 is 4.42 Å². The lowest BCUT2D eigenvalue weighted by atomic mass is 9.82. The van der Waals surface area contributed by atoms with E-state index >= 15 is 0 Å². The molecule has 0 amide bonds. The summed E-state index contributed by atoms with van der Waals surface area (Å²) in [6, 6.07) is 25.7. The molecule has 0 atom stereocenters. The van der Waals surface area contributed by atoms with Gasteiger partial charge in [-0.05, 0) is 64.6 Å². The molecular formula is C30H25NOS. The molecule has 33 heavy (non-hydrogen) atoms. The third-order valence-corrected chi connectivity index (χ3v) is 7.70. The lowest BCUT2D eigenvalue weighted by Crippen LogP contribution is -2.12. The highest BCUT2D eigenvalue weighted by atomic mass is 32.1. The smallest absolute Gasteiger partial charge is 0.145 e. The molecule has 0 aliphatic rings. The number of rotatable bonds is 2. The second-order valence-corrected chi connectivity index (χ2v) is 10.8. The average Bonchev–Trinajstić information content (AvgIpc) is 3.38. The van der Waals surface area contributed by atoms with Crippen molar-refractivity contribution in [1.29, 1.82) is 0 Å². The van der Waals surface area contributed by atoms with Crippen LogP contribution in [0.1, 0.15) is 31.9 Å². The Morgan fingerprint density at radius 2 is 1.61 bits per heavy atom. The fourth-order valence-corrected chi connectivity index (χ4v) is 5.96. The number of benzene rings is 3. The van der Waals surface area contributed by atoms with Gasteiger partial charge in [0.05, 0.1) is 10.6 Å². The third-order valence-electron chi connectivity index (χ3n) is 6.43. The second-order valence-electron chi connectivity index (χ2n) is 9.73. The van der Waals surface area contributed by atoms with Gasteiger partial charge in [0.1, 0.15) is 11.3 Å². The first-order valence-electron chi connectivity index (χ1n) is 11.3. The maximum Gasteiger partial charge on any atom is 0.145 e. The first kappa shape index (κ1) is 20.2. The van der Waals surface area contributed by atoms with E-state index in [1.165, 1.54) is 42.4 Å². The first-order valence-corrected chi connectivity index (χ1v) is 12.1. The largest absolute Gasteiger partial charge is 0.455 e. The predicted octanol–water partition coefficient (Wildman–Crippen LogP) is 9.14. The van der Waals surface area contributed by atoms with Crippen LogP contribution in [0.25, 0.3) is 53.7 Å². The van der Waals surface area contributed by atoms with Crippen LogP contribution in [0.2, 0.25) is 0 Å². The van der Waals surface area contributed by atoms with E-state index < -0.39 is 0 Å². The lowest BCUT2D eigenvalue weighted by molar-refractivity contribution is 0.596. The van der Waals surface area contributed by atoms with Gasteiger partial charge in [-0.25, -0.2) is 0 Å². The van der Waals surface area contributed by atoms with Crippen LogP contribution in [-0.2, 0) is 5.41 Å². The van der Waals surface area contributed by atoms with Crippen LogP contribution in [0.5, 0.6) is 0 Å². The highest BCUT2D eigenvalue weighted by molar-refractivity contribution is 7.22. The van der Waals surface area contributed by atoms with Gasteiger partial charge in [-0.2, -0.15) is 0 Å². The fraction of sp³-hybridized carbons (Fsp3) is 0.167. The normalized spacial score (nSPS) is 12.2. The molecule has 6 aromatic rings. The number of hydrogen-bond donors (Lipinski definition) is 0. The van der Waals surface area contributed by atoms with Crippen molar-refractivity contribution in [3.8, 4) is 21.9 Å². The number of furan rings is 1. The van der Waals surface area contributed by atoms with Crippen molar-refractivity contribution >= 4 is 43.2 Å². The van der Waals surface area contributed by atoms with Crippen LogP contribution in [-0.4, -0.2) is 4.98 Å². The van der Waals surface area contributed by atoms with Gasteiger partial charge in [0, 0.05) is 27.2 Å². The molecule has 3 heteroatoms. The summed E-state index contributed by atoms with van der Waals surface area (Å²) >= 11 is 1.78. The van der Waals surface area contributed by atoms with Gasteiger partial charge in [0.25, 0.3) is 0 Å². The summed E-state index contributed by atoms with van der Waals surface area (Å²) in [5.74, 6) is 0.926. The van der Waals surface area contributed by atoms with Crippen molar-refractivity contribution in [2.24, 2.45) is 0 Å². The second kappa shape index (κ2) is 7.29. The Bertz CT molecular complexity index is 1630. The quantitative estimate of drug-likeness (QED) is 0.264. The summed E-state index contributed by atoms with van der Waals surface area (Å²) < 4.78 is 7.46. The Labute approximate surface area is 197 Å². The molecule has 0 bridgehead atoms. The van der Waals surface area contributed by atoms with E-state index in [1.807, 2.05) is 24.4 Å². The molecule has 0 saturated heterocycles. The zero-order valence-electron chi connectivity index (χ0n) is 19.3. The predicted molar refractivity (Wildman–Crippen MR) is 141 cm³/mol. The topological polar surface area (TPSA) is 26.0 Å². The minimum Gasteiger partial charge on any atom is -0.455 e. The minimum absolute atomic E-state index is 0.0344. The number of aryl methyl sites for hydroxylation is 1. The summed E-state index contributed by atoms with van der Waals surface area (Å²) in [4.78, 5) is 6.07. The minimum atomic E-state index is 0.0344. The standard InChI is InChI=1S/C30H25NOS/c1-18-27-26(33-29(18)25-17-20-10-6-8-12-24(20)32-25)13-14-31-28(27)21-15-19-9-5-7-11-22(19)23(16-21)30(2,3)4/h5-17H,1-4H3. The number of thiophene rings is 1. The maximum atomic E-state index is 6.22. The molecule has 162 valence electrons. The van der Waals surface area contributed by atoms with Gasteiger partial charge in [0.2, 0.25) is 0 Å². The summed E-state index contributed by atoms with van der Waals surface area (Å²) in [5, 5.41) is 4.91. The Morgan fingerprint density at radius 3 is 2.39 bits per heavy atom. The van der Waals surface area contributed by atoms with Gasteiger partial charge in [-0.3, -0.25) is 4.98 Å². The molecule has 6 rings (SSSR count). The van der Waals surface area contributed by atoms with E-state index in [0.717, 1.165) is 22.4 Å². The molecule has 0 aliphatic heterocycles. The van der Waals surface area contributed by atoms with E-state index in [9.17, 15) is 0 Å². The first-order chi connectivity index (χ1) is 15.9. The summed E-state index contributed by atoms with van der Waals surface area (Å²) in [5.41, 5.74) is 5.74. The Kier molecular flexibility index (Phi) is 4.46. The maximum absolute atomic E-state index is 6.22. The van der Waals surface area contributed by atoms with Crippen molar-refractivity contribution in [3.63, 3.8) is 0 Å². The van der Waals surface area contributed by atoms with Crippen molar-refractivity contribution in [2.75, 3.05) is 0 Å². The monoisotopic (exact) mass is 447 g/mol. The molecule has 3 aromatic carbocycles. The molecule has 0 unspecified atom stereocenters. The molecular weight excluding hydrogens is 422 g/mol. The zero-order chi connectivity index (χ0) is 22.7. The van der Waals surface area contributed by atoms with Gasteiger partial charge >= 0.3 is 0 Å². The van der Waals surface area contributed by atoms with Crippen LogP contribution < -0.4 is 0 Å². The van der Waals surface area contributed by atoms with Gasteiger partial charge in [-0.15, -0.1) is 11.3 Å².